The largest absolute Gasteiger partial charge is 0.316 e. The first-order valence-corrected chi connectivity index (χ1v) is 6.80. The molecule has 96 valence electrons. The Morgan fingerprint density at radius 1 is 1.53 bits per heavy atom. The normalized spacial score (nSPS) is 26.3. The van der Waals surface area contributed by atoms with Crippen LogP contribution in [0.3, 0.4) is 0 Å². The predicted octanol–water partition coefficient (Wildman–Crippen LogP) is 1.86. The van der Waals surface area contributed by atoms with Crippen molar-refractivity contribution in [3.8, 4) is 0 Å². The molecule has 4 heteroatoms. The first-order chi connectivity index (χ1) is 8.26. The van der Waals surface area contributed by atoms with E-state index in [1.165, 1.54) is 19.3 Å². The van der Waals surface area contributed by atoms with Crippen LogP contribution in [-0.2, 0) is 13.0 Å². The van der Waals surface area contributed by atoms with Crippen LogP contribution in [0.1, 0.15) is 38.9 Å². The van der Waals surface area contributed by atoms with Crippen molar-refractivity contribution in [3.05, 3.63) is 12.2 Å². The molecule has 0 saturated heterocycles. The first kappa shape index (κ1) is 12.6. The zero-order chi connectivity index (χ0) is 12.3. The first-order valence-electron chi connectivity index (χ1n) is 6.80. The molecule has 1 aromatic heterocycles. The van der Waals surface area contributed by atoms with Crippen molar-refractivity contribution in [2.75, 3.05) is 7.05 Å². The van der Waals surface area contributed by atoms with Gasteiger partial charge in [0.1, 0.15) is 12.2 Å². The molecule has 0 aromatic carbocycles. The number of hydrogen-bond donors (Lipinski definition) is 1. The Morgan fingerprint density at radius 3 is 2.94 bits per heavy atom. The molecule has 2 rings (SSSR count). The zero-order valence-corrected chi connectivity index (χ0v) is 11.2. The average Bonchev–Trinajstić information content (AvgIpc) is 2.94. The fourth-order valence-corrected chi connectivity index (χ4v) is 3.15. The molecule has 0 spiro atoms. The molecule has 1 aliphatic rings. The standard InChI is InChI=1S/C13H24N4/c1-4-17-13(15-9-16-17)8-12(14-3)11-7-5-6-10(11)2/h9-12,14H,4-8H2,1-3H3. The summed E-state index contributed by atoms with van der Waals surface area (Å²) in [7, 11) is 2.07. The molecular weight excluding hydrogens is 212 g/mol. The molecule has 3 atom stereocenters. The van der Waals surface area contributed by atoms with Gasteiger partial charge in [-0.1, -0.05) is 19.8 Å². The monoisotopic (exact) mass is 236 g/mol. The quantitative estimate of drug-likeness (QED) is 0.848. The van der Waals surface area contributed by atoms with Gasteiger partial charge >= 0.3 is 0 Å². The molecule has 0 radical (unpaired) electrons. The summed E-state index contributed by atoms with van der Waals surface area (Å²) in [6.07, 6.45) is 6.78. The van der Waals surface area contributed by atoms with Crippen molar-refractivity contribution in [2.45, 2.75) is 52.1 Å². The van der Waals surface area contributed by atoms with Crippen LogP contribution in [0.25, 0.3) is 0 Å². The summed E-state index contributed by atoms with van der Waals surface area (Å²) in [4.78, 5) is 4.38. The highest BCUT2D eigenvalue weighted by atomic mass is 15.3. The maximum atomic E-state index is 4.38. The second kappa shape index (κ2) is 5.63. The molecule has 1 heterocycles. The van der Waals surface area contributed by atoms with Gasteiger partial charge in [0.2, 0.25) is 0 Å². The lowest BCUT2D eigenvalue weighted by molar-refractivity contribution is 0.302. The Labute approximate surface area is 104 Å². The summed E-state index contributed by atoms with van der Waals surface area (Å²) >= 11 is 0. The van der Waals surface area contributed by atoms with E-state index in [-0.39, 0.29) is 0 Å². The molecular formula is C13H24N4. The Hall–Kier alpha value is -0.900. The molecule has 1 aliphatic carbocycles. The summed E-state index contributed by atoms with van der Waals surface area (Å²) in [6.45, 7) is 5.41. The van der Waals surface area contributed by atoms with Crippen LogP contribution in [0.15, 0.2) is 6.33 Å². The van der Waals surface area contributed by atoms with Gasteiger partial charge in [-0.3, -0.25) is 4.68 Å². The van der Waals surface area contributed by atoms with Crippen LogP contribution >= 0.6 is 0 Å². The summed E-state index contributed by atoms with van der Waals surface area (Å²) in [5.41, 5.74) is 0. The van der Waals surface area contributed by atoms with Gasteiger partial charge in [-0.05, 0) is 32.2 Å². The van der Waals surface area contributed by atoms with Gasteiger partial charge in [-0.25, -0.2) is 4.98 Å². The number of aromatic nitrogens is 3. The minimum atomic E-state index is 0.544. The van der Waals surface area contributed by atoms with E-state index in [0.29, 0.717) is 6.04 Å². The number of hydrogen-bond acceptors (Lipinski definition) is 3. The van der Waals surface area contributed by atoms with Crippen LogP contribution in [0.4, 0.5) is 0 Å². The van der Waals surface area contributed by atoms with Crippen LogP contribution in [0, 0.1) is 11.8 Å². The van der Waals surface area contributed by atoms with Crippen molar-refractivity contribution < 1.29 is 0 Å². The predicted molar refractivity (Wildman–Crippen MR) is 68.8 cm³/mol. The van der Waals surface area contributed by atoms with E-state index in [1.807, 2.05) is 4.68 Å². The highest BCUT2D eigenvalue weighted by Crippen LogP contribution is 2.34. The van der Waals surface area contributed by atoms with Crippen molar-refractivity contribution in [2.24, 2.45) is 11.8 Å². The molecule has 4 nitrogen and oxygen atoms in total. The Kier molecular flexibility index (Phi) is 4.15. The van der Waals surface area contributed by atoms with E-state index < -0.39 is 0 Å². The van der Waals surface area contributed by atoms with Crippen LogP contribution < -0.4 is 5.32 Å². The second-order valence-corrected chi connectivity index (χ2v) is 5.16. The van der Waals surface area contributed by atoms with Gasteiger partial charge in [-0.15, -0.1) is 0 Å². The van der Waals surface area contributed by atoms with Gasteiger partial charge < -0.3 is 5.32 Å². The maximum Gasteiger partial charge on any atom is 0.138 e. The van der Waals surface area contributed by atoms with Gasteiger partial charge in [0.15, 0.2) is 0 Å². The van der Waals surface area contributed by atoms with Gasteiger partial charge in [0, 0.05) is 19.0 Å². The maximum absolute atomic E-state index is 4.38. The van der Waals surface area contributed by atoms with Crippen molar-refractivity contribution >= 4 is 0 Å². The highest BCUT2D eigenvalue weighted by Gasteiger charge is 2.30. The van der Waals surface area contributed by atoms with Gasteiger partial charge in [0.25, 0.3) is 0 Å². The number of nitrogens with one attached hydrogen (secondary N) is 1. The topological polar surface area (TPSA) is 42.7 Å². The Morgan fingerprint density at radius 2 is 2.35 bits per heavy atom. The third kappa shape index (κ3) is 2.68. The second-order valence-electron chi connectivity index (χ2n) is 5.16. The average molecular weight is 236 g/mol. The minimum absolute atomic E-state index is 0.544. The SMILES string of the molecule is CCn1ncnc1CC(NC)C1CCCC1C. The van der Waals surface area contributed by atoms with E-state index >= 15 is 0 Å². The molecule has 3 unspecified atom stereocenters. The smallest absolute Gasteiger partial charge is 0.138 e. The van der Waals surface area contributed by atoms with Crippen molar-refractivity contribution in [1.82, 2.24) is 20.1 Å². The summed E-state index contributed by atoms with van der Waals surface area (Å²) < 4.78 is 2.00. The van der Waals surface area contributed by atoms with E-state index in [9.17, 15) is 0 Å². The summed E-state index contributed by atoms with van der Waals surface area (Å²) in [5, 5.41) is 7.73. The molecule has 0 amide bonds. The molecule has 17 heavy (non-hydrogen) atoms. The lowest BCUT2D eigenvalue weighted by atomic mass is 9.88. The molecule has 0 bridgehead atoms. The number of rotatable bonds is 5. The number of likely N-dealkylation sites (N-methyl/N-ethyl adjacent to an activating group) is 1. The number of nitrogens with zero attached hydrogens (tertiary/aromatic N) is 3. The van der Waals surface area contributed by atoms with E-state index in [1.54, 1.807) is 6.33 Å². The molecule has 1 saturated carbocycles. The molecule has 1 N–H and O–H groups in total. The van der Waals surface area contributed by atoms with Crippen molar-refractivity contribution in [1.29, 1.82) is 0 Å². The van der Waals surface area contributed by atoms with Gasteiger partial charge in [-0.2, -0.15) is 5.10 Å². The fraction of sp³-hybridized carbons (Fsp3) is 0.846. The van der Waals surface area contributed by atoms with Crippen LogP contribution in [0.2, 0.25) is 0 Å². The Balaban J connectivity index is 2.04. The molecule has 1 fully saturated rings. The fourth-order valence-electron chi connectivity index (χ4n) is 3.15. The van der Waals surface area contributed by atoms with Gasteiger partial charge in [0.05, 0.1) is 0 Å². The Bertz CT molecular complexity index is 347. The van der Waals surface area contributed by atoms with Crippen LogP contribution in [-0.4, -0.2) is 27.9 Å². The summed E-state index contributed by atoms with van der Waals surface area (Å²) in [5.74, 6) is 2.75. The van der Waals surface area contributed by atoms with E-state index in [2.05, 4.69) is 36.3 Å². The lowest BCUT2D eigenvalue weighted by Crippen LogP contribution is -2.37. The molecule has 1 aromatic rings. The van der Waals surface area contributed by atoms with E-state index in [0.717, 1.165) is 30.6 Å². The summed E-state index contributed by atoms with van der Waals surface area (Å²) in [6, 6.07) is 0.544. The third-order valence-corrected chi connectivity index (χ3v) is 4.21. The van der Waals surface area contributed by atoms with E-state index in [4.69, 9.17) is 0 Å². The minimum Gasteiger partial charge on any atom is -0.316 e. The van der Waals surface area contributed by atoms with Crippen molar-refractivity contribution in [3.63, 3.8) is 0 Å². The number of aryl methyl sites for hydroxylation is 1. The molecule has 0 aliphatic heterocycles. The van der Waals surface area contributed by atoms with Crippen LogP contribution in [0.5, 0.6) is 0 Å². The highest BCUT2D eigenvalue weighted by molar-refractivity contribution is 4.94. The third-order valence-electron chi connectivity index (χ3n) is 4.21. The lowest BCUT2D eigenvalue weighted by Gasteiger charge is -2.26. The zero-order valence-electron chi connectivity index (χ0n) is 11.2.